The van der Waals surface area contributed by atoms with Gasteiger partial charge in [-0.1, -0.05) is 57.2 Å². The zero-order valence-corrected chi connectivity index (χ0v) is 21.8. The first kappa shape index (κ1) is 25.5. The Hall–Kier alpha value is -2.55. The smallest absolute Gasteiger partial charge is 0.262 e. The monoisotopic (exact) mass is 496 g/mol. The summed E-state index contributed by atoms with van der Waals surface area (Å²) in [6.45, 7) is 10.6. The van der Waals surface area contributed by atoms with Crippen LogP contribution in [0.25, 0.3) is 0 Å². The lowest BCUT2D eigenvalue weighted by Gasteiger charge is -2.32. The van der Waals surface area contributed by atoms with Crippen molar-refractivity contribution in [2.45, 2.75) is 39.7 Å². The largest absolute Gasteiger partial charge is 0.379 e. The summed E-state index contributed by atoms with van der Waals surface area (Å²) in [6, 6.07) is 13.9. The first-order valence-corrected chi connectivity index (χ1v) is 13.2. The molecule has 2 amide bonds. The van der Waals surface area contributed by atoms with Crippen molar-refractivity contribution in [3.05, 3.63) is 58.3 Å². The molecule has 1 aromatic carbocycles. The Bertz CT molecular complexity index is 1010. The molecule has 3 heterocycles. The summed E-state index contributed by atoms with van der Waals surface area (Å²) in [5, 5.41) is 8.40. The fourth-order valence-corrected chi connectivity index (χ4v) is 5.17. The van der Waals surface area contributed by atoms with Crippen molar-refractivity contribution < 1.29 is 14.3 Å². The number of morpholine rings is 1. The van der Waals surface area contributed by atoms with Crippen molar-refractivity contribution in [2.24, 2.45) is 10.5 Å². The van der Waals surface area contributed by atoms with Crippen LogP contribution < -0.4 is 0 Å². The molecule has 0 N–H and O–H groups in total. The number of carbonyl (C=O) groups excluding carboxylic acids is 2. The Morgan fingerprint density at radius 2 is 1.86 bits per heavy atom. The standard InChI is InChI=1S/C27H36N4O3S/c1-27(2,3)19-25(32)30(12-11-29-13-15-34-16-14-29)20-26(33)31-23(21-8-5-4-6-9-21)18-22(28-31)24-10-7-17-35-24/h4-10,17,23H,11-16,18-20H2,1-3H3/t23-/m1/s1. The van der Waals surface area contributed by atoms with Crippen LogP contribution in [0.3, 0.4) is 0 Å². The Morgan fingerprint density at radius 3 is 2.51 bits per heavy atom. The lowest BCUT2D eigenvalue weighted by Crippen LogP contribution is -2.47. The second kappa shape index (κ2) is 11.5. The predicted octanol–water partition coefficient (Wildman–Crippen LogP) is 4.02. The van der Waals surface area contributed by atoms with E-state index in [1.54, 1.807) is 21.2 Å². The van der Waals surface area contributed by atoms with Crippen molar-refractivity contribution in [1.82, 2.24) is 14.8 Å². The van der Waals surface area contributed by atoms with Gasteiger partial charge >= 0.3 is 0 Å². The molecule has 7 nitrogen and oxygen atoms in total. The lowest BCUT2D eigenvalue weighted by molar-refractivity contribution is -0.142. The van der Waals surface area contributed by atoms with Gasteiger partial charge < -0.3 is 9.64 Å². The molecule has 0 unspecified atom stereocenters. The Kier molecular flexibility index (Phi) is 8.36. The fourth-order valence-electron chi connectivity index (χ4n) is 4.45. The molecule has 4 rings (SSSR count). The summed E-state index contributed by atoms with van der Waals surface area (Å²) in [7, 11) is 0. The highest BCUT2D eigenvalue weighted by Crippen LogP contribution is 2.34. The number of carbonyl (C=O) groups is 2. The van der Waals surface area contributed by atoms with Gasteiger partial charge in [0.05, 0.1) is 29.8 Å². The third-order valence-electron chi connectivity index (χ3n) is 6.31. The molecule has 2 aromatic rings. The van der Waals surface area contributed by atoms with Gasteiger partial charge in [0.1, 0.15) is 6.54 Å². The normalized spacial score (nSPS) is 19.0. The molecule has 1 atom stereocenters. The van der Waals surface area contributed by atoms with Gasteiger partial charge in [-0.05, 0) is 22.4 Å². The summed E-state index contributed by atoms with van der Waals surface area (Å²) in [6.07, 6.45) is 1.06. The third kappa shape index (κ3) is 6.99. The zero-order valence-electron chi connectivity index (χ0n) is 21.0. The van der Waals surface area contributed by atoms with Crippen LogP contribution in [0.5, 0.6) is 0 Å². The van der Waals surface area contributed by atoms with Gasteiger partial charge in [0, 0.05) is 39.0 Å². The summed E-state index contributed by atoms with van der Waals surface area (Å²) in [5.41, 5.74) is 1.82. The van der Waals surface area contributed by atoms with Crippen molar-refractivity contribution in [3.8, 4) is 0 Å². The van der Waals surface area contributed by atoms with Crippen LogP contribution in [0.4, 0.5) is 0 Å². The number of hydrazone groups is 1. The first-order valence-electron chi connectivity index (χ1n) is 12.4. The number of hydrogen-bond donors (Lipinski definition) is 0. The number of rotatable bonds is 8. The number of nitrogens with zero attached hydrogens (tertiary/aromatic N) is 4. The molecule has 0 radical (unpaired) electrons. The zero-order chi connectivity index (χ0) is 24.8. The predicted molar refractivity (Wildman–Crippen MR) is 139 cm³/mol. The molecule has 1 saturated heterocycles. The van der Waals surface area contributed by atoms with Crippen LogP contribution in [-0.2, 0) is 14.3 Å². The maximum atomic E-state index is 13.7. The van der Waals surface area contributed by atoms with Crippen LogP contribution in [0.1, 0.15) is 50.1 Å². The van der Waals surface area contributed by atoms with E-state index in [4.69, 9.17) is 9.84 Å². The van der Waals surface area contributed by atoms with Crippen molar-refractivity contribution in [3.63, 3.8) is 0 Å². The van der Waals surface area contributed by atoms with Gasteiger partial charge in [0.2, 0.25) is 5.91 Å². The second-order valence-electron chi connectivity index (χ2n) is 10.4. The fraction of sp³-hybridized carbons (Fsp3) is 0.519. The van der Waals surface area contributed by atoms with Gasteiger partial charge in [-0.3, -0.25) is 14.5 Å². The minimum Gasteiger partial charge on any atom is -0.379 e. The highest BCUT2D eigenvalue weighted by atomic mass is 32.1. The molecule has 2 aliphatic heterocycles. The van der Waals surface area contributed by atoms with Gasteiger partial charge in [-0.25, -0.2) is 5.01 Å². The van der Waals surface area contributed by atoms with E-state index in [2.05, 4.69) is 25.7 Å². The van der Waals surface area contributed by atoms with Crippen LogP contribution in [0.2, 0.25) is 0 Å². The maximum absolute atomic E-state index is 13.7. The summed E-state index contributed by atoms with van der Waals surface area (Å²) < 4.78 is 5.45. The van der Waals surface area contributed by atoms with Crippen LogP contribution in [-0.4, -0.2) is 78.3 Å². The van der Waals surface area contributed by atoms with Gasteiger partial charge in [-0.2, -0.15) is 5.10 Å². The summed E-state index contributed by atoms with van der Waals surface area (Å²) in [4.78, 5) is 32.0. The molecule has 2 aliphatic rings. The molecule has 188 valence electrons. The Labute approximate surface area is 212 Å². The molecule has 0 aliphatic carbocycles. The van der Waals surface area contributed by atoms with E-state index < -0.39 is 0 Å². The lowest BCUT2D eigenvalue weighted by atomic mass is 9.91. The van der Waals surface area contributed by atoms with E-state index in [1.807, 2.05) is 47.8 Å². The molecule has 0 bridgehead atoms. The van der Waals surface area contributed by atoms with Crippen LogP contribution in [0, 0.1) is 5.41 Å². The average Bonchev–Trinajstić information content (AvgIpc) is 3.52. The number of hydrogen-bond acceptors (Lipinski definition) is 6. The van der Waals surface area contributed by atoms with Gasteiger partial charge in [0.15, 0.2) is 0 Å². The second-order valence-corrected chi connectivity index (χ2v) is 11.3. The van der Waals surface area contributed by atoms with E-state index in [0.29, 0.717) is 32.6 Å². The highest BCUT2D eigenvalue weighted by molar-refractivity contribution is 7.12. The Morgan fingerprint density at radius 1 is 1.11 bits per heavy atom. The topological polar surface area (TPSA) is 65.5 Å². The maximum Gasteiger partial charge on any atom is 0.262 e. The SMILES string of the molecule is CC(C)(C)CC(=O)N(CCN1CCOCC1)CC(=O)N1N=C(c2cccs2)C[C@@H]1c1ccccc1. The first-order chi connectivity index (χ1) is 16.8. The average molecular weight is 497 g/mol. The highest BCUT2D eigenvalue weighted by Gasteiger charge is 2.35. The molecule has 1 fully saturated rings. The van der Waals surface area contributed by atoms with E-state index >= 15 is 0 Å². The summed E-state index contributed by atoms with van der Waals surface area (Å²) >= 11 is 1.63. The van der Waals surface area contributed by atoms with Crippen LogP contribution >= 0.6 is 11.3 Å². The minimum absolute atomic E-state index is 0.0111. The molecule has 0 spiro atoms. The molecule has 35 heavy (non-hydrogen) atoms. The van der Waals surface area contributed by atoms with Crippen molar-refractivity contribution in [2.75, 3.05) is 45.9 Å². The molecule has 1 aromatic heterocycles. The minimum atomic E-state index is -0.167. The van der Waals surface area contributed by atoms with Gasteiger partial charge in [0.25, 0.3) is 5.91 Å². The summed E-state index contributed by atoms with van der Waals surface area (Å²) in [5.74, 6) is -0.133. The van der Waals surface area contributed by atoms with E-state index in [9.17, 15) is 9.59 Å². The molecular formula is C27H36N4O3S. The van der Waals surface area contributed by atoms with Crippen LogP contribution in [0.15, 0.2) is 52.9 Å². The number of benzene rings is 1. The molecule has 8 heteroatoms. The number of thiophene rings is 1. The number of amides is 2. The van der Waals surface area contributed by atoms with E-state index in [1.165, 1.54) is 0 Å². The molecular weight excluding hydrogens is 460 g/mol. The van der Waals surface area contributed by atoms with Crippen molar-refractivity contribution >= 4 is 28.9 Å². The quantitative estimate of drug-likeness (QED) is 0.554. The Balaban J connectivity index is 1.52. The van der Waals surface area contributed by atoms with E-state index in [0.717, 1.165) is 35.8 Å². The number of ether oxygens (including phenoxy) is 1. The third-order valence-corrected chi connectivity index (χ3v) is 7.22. The van der Waals surface area contributed by atoms with E-state index in [-0.39, 0.29) is 29.8 Å². The van der Waals surface area contributed by atoms with Crippen molar-refractivity contribution in [1.29, 1.82) is 0 Å². The molecule has 0 saturated carbocycles. The van der Waals surface area contributed by atoms with Gasteiger partial charge in [-0.15, -0.1) is 11.3 Å².